The van der Waals surface area contributed by atoms with Crippen LogP contribution in [0.15, 0.2) is 4.40 Å². The zero-order valence-corrected chi connectivity index (χ0v) is 6.33. The van der Waals surface area contributed by atoms with Gasteiger partial charge in [-0.15, -0.1) is 0 Å². The molecule has 0 aliphatic carbocycles. The van der Waals surface area contributed by atoms with Gasteiger partial charge >= 0.3 is 0 Å². The highest BCUT2D eigenvalue weighted by molar-refractivity contribution is 9.16. The normalized spacial score (nSPS) is 30.4. The predicted molar refractivity (Wildman–Crippen MR) is 43.0 cm³/mol. The van der Waals surface area contributed by atoms with Crippen molar-refractivity contribution in [1.29, 1.82) is 0 Å². The summed E-state index contributed by atoms with van der Waals surface area (Å²) in [6.07, 6.45) is 0. The summed E-state index contributed by atoms with van der Waals surface area (Å²) in [7, 11) is 3.47. The Kier molecular flexibility index (Phi) is 1.83. The van der Waals surface area contributed by atoms with Gasteiger partial charge in [-0.25, -0.2) is 4.40 Å². The van der Waals surface area contributed by atoms with E-state index in [0.717, 1.165) is 5.04 Å². The summed E-state index contributed by atoms with van der Waals surface area (Å²) < 4.78 is 4.15. The average molecular weight is 151 g/mol. The Balaban J connectivity index is 2.67. The lowest BCUT2D eigenvalue weighted by Gasteiger charge is -1.77. The molecule has 1 atom stereocenters. The van der Waals surface area contributed by atoms with Crippen molar-refractivity contribution in [3.63, 3.8) is 0 Å². The monoisotopic (exact) mass is 151 g/mol. The van der Waals surface area contributed by atoms with Crippen molar-refractivity contribution in [2.45, 2.75) is 6.92 Å². The van der Waals surface area contributed by atoms with Crippen LogP contribution < -0.4 is 0 Å². The second-order valence-electron chi connectivity index (χ2n) is 1.08. The third-order valence-corrected chi connectivity index (χ3v) is 5.26. The van der Waals surface area contributed by atoms with Crippen LogP contribution in [-0.4, -0.2) is 10.9 Å². The molecule has 0 radical (unpaired) electrons. The minimum atomic E-state index is 0.0147. The van der Waals surface area contributed by atoms with Crippen LogP contribution in [0.4, 0.5) is 0 Å². The first-order valence-corrected chi connectivity index (χ1v) is 5.75. The second kappa shape index (κ2) is 2.24. The van der Waals surface area contributed by atoms with Gasteiger partial charge in [0, 0.05) is 0 Å². The molecule has 0 aromatic rings. The van der Waals surface area contributed by atoms with Crippen LogP contribution in [0.25, 0.3) is 0 Å². The molecule has 0 fully saturated rings. The van der Waals surface area contributed by atoms with Gasteiger partial charge in [-0.05, 0) is 43.1 Å². The largest absolute Gasteiger partial charge is 0.210 e. The zero-order chi connectivity index (χ0) is 5.28. The maximum Gasteiger partial charge on any atom is 0.0901 e. The van der Waals surface area contributed by atoms with E-state index in [2.05, 4.69) is 10.3 Å². The summed E-state index contributed by atoms with van der Waals surface area (Å²) >= 11 is 0. The van der Waals surface area contributed by atoms with Crippen molar-refractivity contribution in [2.24, 2.45) is 4.40 Å². The fraction of sp³-hybridized carbons (Fsp3) is 0.333. The van der Waals surface area contributed by atoms with Crippen LogP contribution in [0.3, 0.4) is 0 Å². The molecule has 4 heteroatoms. The van der Waals surface area contributed by atoms with E-state index in [9.17, 15) is 0 Å². The Hall–Kier alpha value is 0.590. The molecule has 0 amide bonds. The van der Waals surface area contributed by atoms with Crippen LogP contribution in [0, 0.1) is 0 Å². The quantitative estimate of drug-likeness (QED) is 0.389. The molecule has 0 spiro atoms. The van der Waals surface area contributed by atoms with E-state index in [-0.39, 0.29) is 9.70 Å². The van der Waals surface area contributed by atoms with E-state index < -0.39 is 0 Å². The highest BCUT2D eigenvalue weighted by Gasteiger charge is 2.03. The van der Waals surface area contributed by atoms with Gasteiger partial charge < -0.3 is 0 Å². The lowest BCUT2D eigenvalue weighted by molar-refractivity contribution is 1.88. The summed E-state index contributed by atoms with van der Waals surface area (Å²) in [5, 5.41) is 1.16. The molecule has 0 bridgehead atoms. The Morgan fingerprint density at radius 2 is 2.57 bits per heavy atom. The molecule has 40 valence electrons. The number of rotatable bonds is 0. The van der Waals surface area contributed by atoms with Crippen molar-refractivity contribution in [3.05, 3.63) is 0 Å². The molecule has 0 aromatic carbocycles. The Morgan fingerprint density at radius 1 is 1.86 bits per heavy atom. The van der Waals surface area contributed by atoms with Gasteiger partial charge in [0.2, 0.25) is 0 Å². The summed E-state index contributed by atoms with van der Waals surface area (Å²) in [4.78, 5) is 0. The summed E-state index contributed by atoms with van der Waals surface area (Å²) in [5.41, 5.74) is 0. The molecule has 1 heterocycles. The van der Waals surface area contributed by atoms with E-state index in [0.29, 0.717) is 0 Å². The predicted octanol–water partition coefficient (Wildman–Crippen LogP) is 2.33. The number of hydrogen-bond donors (Lipinski definition) is 0. The first-order chi connectivity index (χ1) is 3.29. The molecule has 1 aliphatic rings. The minimum Gasteiger partial charge on any atom is -0.210 e. The Labute approximate surface area is 52.8 Å². The van der Waals surface area contributed by atoms with Crippen molar-refractivity contribution in [1.82, 2.24) is 0 Å². The standard InChI is InChI=1S/C3H5NS3/c1-3-4-7(2)6-5-3/h2H2,1H3. The van der Waals surface area contributed by atoms with Gasteiger partial charge in [-0.2, -0.15) is 0 Å². The van der Waals surface area contributed by atoms with Crippen LogP contribution in [-0.2, 0) is 0 Å². The topological polar surface area (TPSA) is 12.4 Å². The molecule has 0 saturated carbocycles. The lowest BCUT2D eigenvalue weighted by atomic mass is 10.9. The molecule has 0 N–H and O–H groups in total. The first kappa shape index (κ1) is 5.72. The molecule has 1 aliphatic heterocycles. The molecular weight excluding hydrogens is 146 g/mol. The van der Waals surface area contributed by atoms with Gasteiger partial charge in [-0.1, -0.05) is 0 Å². The van der Waals surface area contributed by atoms with Crippen LogP contribution in [0.2, 0.25) is 0 Å². The zero-order valence-electron chi connectivity index (χ0n) is 3.88. The van der Waals surface area contributed by atoms with Crippen LogP contribution in [0.5, 0.6) is 0 Å². The summed E-state index contributed by atoms with van der Waals surface area (Å²) in [6, 6.07) is 0. The third-order valence-electron chi connectivity index (χ3n) is 0.464. The highest BCUT2D eigenvalue weighted by atomic mass is 33.5. The smallest absolute Gasteiger partial charge is 0.0901 e. The van der Waals surface area contributed by atoms with Gasteiger partial charge in [-0.3, -0.25) is 0 Å². The first-order valence-electron chi connectivity index (χ1n) is 1.73. The van der Waals surface area contributed by atoms with Gasteiger partial charge in [0.15, 0.2) is 0 Å². The molecule has 0 aromatic heterocycles. The van der Waals surface area contributed by atoms with Crippen molar-refractivity contribution in [2.75, 3.05) is 0 Å². The Bertz CT molecular complexity index is 128. The fourth-order valence-electron chi connectivity index (χ4n) is 0.262. The summed E-state index contributed by atoms with van der Waals surface area (Å²) in [5.74, 6) is 3.77. The fourth-order valence-corrected chi connectivity index (χ4v) is 4.39. The lowest BCUT2D eigenvalue weighted by Crippen LogP contribution is -1.66. The van der Waals surface area contributed by atoms with Gasteiger partial charge in [0.05, 0.1) is 5.04 Å². The van der Waals surface area contributed by atoms with E-state index >= 15 is 0 Å². The number of hydrogen-bond acceptors (Lipinski definition) is 3. The molecule has 1 nitrogen and oxygen atoms in total. The summed E-state index contributed by atoms with van der Waals surface area (Å²) in [6.45, 7) is 2.01. The van der Waals surface area contributed by atoms with Crippen molar-refractivity contribution >= 4 is 41.2 Å². The molecule has 1 unspecified atom stereocenters. The molecule has 1 rings (SSSR count). The molecule has 0 saturated heterocycles. The van der Waals surface area contributed by atoms with E-state index in [4.69, 9.17) is 0 Å². The van der Waals surface area contributed by atoms with Gasteiger partial charge in [0.1, 0.15) is 0 Å². The van der Waals surface area contributed by atoms with Crippen LogP contribution >= 0.6 is 30.3 Å². The average Bonchev–Trinajstić information content (AvgIpc) is 1.87. The van der Waals surface area contributed by atoms with Crippen molar-refractivity contribution < 1.29 is 0 Å². The SMILES string of the molecule is C=S1N=C(C)SS1. The van der Waals surface area contributed by atoms with E-state index in [1.165, 1.54) is 0 Å². The number of nitrogens with zero attached hydrogens (tertiary/aromatic N) is 1. The third kappa shape index (κ3) is 1.51. The van der Waals surface area contributed by atoms with Crippen molar-refractivity contribution in [3.8, 4) is 0 Å². The maximum absolute atomic E-state index is 4.15. The molecular formula is C3H5NS3. The highest BCUT2D eigenvalue weighted by Crippen LogP contribution is 2.47. The maximum atomic E-state index is 4.15. The van der Waals surface area contributed by atoms with Crippen LogP contribution in [0.1, 0.15) is 6.92 Å². The van der Waals surface area contributed by atoms with E-state index in [1.54, 1.807) is 20.6 Å². The molecule has 7 heavy (non-hydrogen) atoms. The minimum absolute atomic E-state index is 0.0147. The van der Waals surface area contributed by atoms with E-state index in [1.807, 2.05) is 6.92 Å². The second-order valence-corrected chi connectivity index (χ2v) is 6.09. The van der Waals surface area contributed by atoms with Gasteiger partial charge in [0.25, 0.3) is 0 Å². The Morgan fingerprint density at radius 3 is 2.71 bits per heavy atom.